The van der Waals surface area contributed by atoms with Crippen LogP contribution in [0.5, 0.6) is 0 Å². The van der Waals surface area contributed by atoms with Crippen LogP contribution in [0.3, 0.4) is 0 Å². The summed E-state index contributed by atoms with van der Waals surface area (Å²) in [5, 5.41) is 11.6. The van der Waals surface area contributed by atoms with Crippen LogP contribution in [0.15, 0.2) is 46.9 Å². The Labute approximate surface area is 133 Å². The predicted molar refractivity (Wildman–Crippen MR) is 89.3 cm³/mol. The summed E-state index contributed by atoms with van der Waals surface area (Å²) in [6.07, 6.45) is 3.88. The van der Waals surface area contributed by atoms with E-state index in [2.05, 4.69) is 20.9 Å². The molecule has 0 N–H and O–H groups in total. The molecule has 3 aromatic rings. The predicted octanol–water partition coefficient (Wildman–Crippen LogP) is 5.14. The van der Waals surface area contributed by atoms with E-state index < -0.39 is 4.92 Å². The number of halogens is 1. The van der Waals surface area contributed by atoms with Gasteiger partial charge in [-0.05, 0) is 23.8 Å². The van der Waals surface area contributed by atoms with Crippen molar-refractivity contribution < 1.29 is 4.92 Å². The average Bonchev–Trinajstić information content (AvgIpc) is 2.88. The summed E-state index contributed by atoms with van der Waals surface area (Å²) in [5.74, 6) is 0. The SMILES string of the molecule is O=[N+]([O-])c1ccc2nc(C=Cc3ccccc3Br)sc2c1. The number of aromatic nitrogens is 1. The maximum atomic E-state index is 10.8. The number of benzene rings is 2. The van der Waals surface area contributed by atoms with E-state index in [4.69, 9.17) is 0 Å². The lowest BCUT2D eigenvalue weighted by atomic mass is 10.2. The molecule has 0 aliphatic rings. The third-order valence-corrected chi connectivity index (χ3v) is 4.62. The fourth-order valence-corrected chi connectivity index (χ4v) is 3.21. The number of rotatable bonds is 3. The van der Waals surface area contributed by atoms with E-state index in [1.54, 1.807) is 12.1 Å². The van der Waals surface area contributed by atoms with Crippen molar-refractivity contribution in [2.24, 2.45) is 0 Å². The van der Waals surface area contributed by atoms with Gasteiger partial charge in [-0.25, -0.2) is 4.98 Å². The molecule has 0 atom stereocenters. The number of hydrogen-bond acceptors (Lipinski definition) is 4. The average molecular weight is 361 g/mol. The fraction of sp³-hybridized carbons (Fsp3) is 0. The van der Waals surface area contributed by atoms with Crippen molar-refractivity contribution in [3.63, 3.8) is 0 Å². The van der Waals surface area contributed by atoms with E-state index >= 15 is 0 Å². The number of nitro groups is 1. The van der Waals surface area contributed by atoms with Gasteiger partial charge in [-0.1, -0.05) is 40.2 Å². The Morgan fingerprint density at radius 2 is 2.00 bits per heavy atom. The highest BCUT2D eigenvalue weighted by Gasteiger charge is 2.09. The number of hydrogen-bond donors (Lipinski definition) is 0. The van der Waals surface area contributed by atoms with E-state index in [-0.39, 0.29) is 5.69 Å². The summed E-state index contributed by atoms with van der Waals surface area (Å²) in [5.41, 5.74) is 1.92. The molecule has 0 amide bonds. The summed E-state index contributed by atoms with van der Waals surface area (Å²) >= 11 is 4.92. The first-order valence-electron chi connectivity index (χ1n) is 6.11. The lowest BCUT2D eigenvalue weighted by Crippen LogP contribution is -1.85. The molecule has 1 heterocycles. The summed E-state index contributed by atoms with van der Waals surface area (Å²) in [4.78, 5) is 14.8. The first-order valence-corrected chi connectivity index (χ1v) is 7.72. The topological polar surface area (TPSA) is 56.0 Å². The second-order valence-corrected chi connectivity index (χ2v) is 6.23. The van der Waals surface area contributed by atoms with Crippen molar-refractivity contribution >= 4 is 55.3 Å². The van der Waals surface area contributed by atoms with Gasteiger partial charge in [0.05, 0.1) is 15.1 Å². The molecular formula is C15H9BrN2O2S. The maximum Gasteiger partial charge on any atom is 0.270 e. The summed E-state index contributed by atoms with van der Waals surface area (Å²) in [6, 6.07) is 12.6. The molecule has 0 spiro atoms. The standard InChI is InChI=1S/C15H9BrN2O2S/c16-12-4-2-1-3-10(12)5-8-15-17-13-7-6-11(18(19)20)9-14(13)21-15/h1-9H. The Morgan fingerprint density at radius 3 is 2.76 bits per heavy atom. The van der Waals surface area contributed by atoms with E-state index in [9.17, 15) is 10.1 Å². The van der Waals surface area contributed by atoms with E-state index in [1.165, 1.54) is 17.4 Å². The molecule has 0 fully saturated rings. The maximum absolute atomic E-state index is 10.8. The van der Waals surface area contributed by atoms with Crippen LogP contribution in [0.25, 0.3) is 22.4 Å². The molecule has 0 bridgehead atoms. The highest BCUT2D eigenvalue weighted by Crippen LogP contribution is 2.27. The van der Waals surface area contributed by atoms with Gasteiger partial charge < -0.3 is 0 Å². The minimum Gasteiger partial charge on any atom is -0.258 e. The normalized spacial score (nSPS) is 11.3. The molecule has 0 radical (unpaired) electrons. The van der Waals surface area contributed by atoms with Crippen molar-refractivity contribution in [3.05, 3.63) is 67.6 Å². The molecule has 4 nitrogen and oxygen atoms in total. The molecule has 1 aromatic heterocycles. The lowest BCUT2D eigenvalue weighted by molar-refractivity contribution is -0.384. The van der Waals surface area contributed by atoms with Crippen LogP contribution in [0.1, 0.15) is 10.6 Å². The van der Waals surface area contributed by atoms with Crippen molar-refractivity contribution in [2.45, 2.75) is 0 Å². The molecule has 104 valence electrons. The quantitative estimate of drug-likeness (QED) is 0.480. The minimum atomic E-state index is -0.393. The number of nitrogens with zero attached hydrogens (tertiary/aromatic N) is 2. The Kier molecular flexibility index (Phi) is 3.81. The first-order chi connectivity index (χ1) is 10.1. The zero-order chi connectivity index (χ0) is 14.8. The van der Waals surface area contributed by atoms with Crippen LogP contribution in [-0.4, -0.2) is 9.91 Å². The Balaban J connectivity index is 1.95. The zero-order valence-electron chi connectivity index (χ0n) is 10.7. The Hall–Kier alpha value is -2.05. The van der Waals surface area contributed by atoms with Crippen molar-refractivity contribution in [1.29, 1.82) is 0 Å². The lowest BCUT2D eigenvalue weighted by Gasteiger charge is -1.95. The molecule has 0 saturated heterocycles. The van der Waals surface area contributed by atoms with Crippen LogP contribution < -0.4 is 0 Å². The van der Waals surface area contributed by atoms with Crippen molar-refractivity contribution in [1.82, 2.24) is 4.98 Å². The van der Waals surface area contributed by atoms with Crippen LogP contribution in [0.2, 0.25) is 0 Å². The van der Waals surface area contributed by atoms with Crippen LogP contribution in [0, 0.1) is 10.1 Å². The number of fused-ring (bicyclic) bond motifs is 1. The fourth-order valence-electron chi connectivity index (χ4n) is 1.89. The Bertz CT molecular complexity index is 858. The van der Waals surface area contributed by atoms with Gasteiger partial charge in [-0.2, -0.15) is 0 Å². The van der Waals surface area contributed by atoms with Gasteiger partial charge in [0.25, 0.3) is 5.69 Å². The second kappa shape index (κ2) is 5.75. The second-order valence-electron chi connectivity index (χ2n) is 4.32. The molecule has 2 aromatic carbocycles. The molecule has 0 unspecified atom stereocenters. The van der Waals surface area contributed by atoms with E-state index in [0.717, 1.165) is 25.3 Å². The minimum absolute atomic E-state index is 0.0903. The van der Waals surface area contributed by atoms with Gasteiger partial charge in [0, 0.05) is 16.6 Å². The van der Waals surface area contributed by atoms with Gasteiger partial charge >= 0.3 is 0 Å². The molecule has 3 rings (SSSR count). The van der Waals surface area contributed by atoms with Gasteiger partial charge in [0.2, 0.25) is 0 Å². The number of thiazole rings is 1. The molecule has 21 heavy (non-hydrogen) atoms. The summed E-state index contributed by atoms with van der Waals surface area (Å²) < 4.78 is 1.83. The van der Waals surface area contributed by atoms with Crippen LogP contribution in [0.4, 0.5) is 5.69 Å². The van der Waals surface area contributed by atoms with Gasteiger partial charge in [0.15, 0.2) is 0 Å². The van der Waals surface area contributed by atoms with E-state index in [0.29, 0.717) is 0 Å². The van der Waals surface area contributed by atoms with Gasteiger partial charge in [-0.15, -0.1) is 11.3 Å². The highest BCUT2D eigenvalue weighted by atomic mass is 79.9. The smallest absolute Gasteiger partial charge is 0.258 e. The Morgan fingerprint density at radius 1 is 1.19 bits per heavy atom. The number of nitro benzene ring substituents is 1. The third-order valence-electron chi connectivity index (χ3n) is 2.91. The third kappa shape index (κ3) is 3.01. The zero-order valence-corrected chi connectivity index (χ0v) is 13.1. The van der Waals surface area contributed by atoms with Crippen molar-refractivity contribution in [3.8, 4) is 0 Å². The first kappa shape index (κ1) is 13.9. The monoisotopic (exact) mass is 360 g/mol. The van der Waals surface area contributed by atoms with Crippen LogP contribution >= 0.6 is 27.3 Å². The largest absolute Gasteiger partial charge is 0.270 e. The molecular weight excluding hydrogens is 352 g/mol. The highest BCUT2D eigenvalue weighted by molar-refractivity contribution is 9.10. The van der Waals surface area contributed by atoms with Crippen LogP contribution in [-0.2, 0) is 0 Å². The van der Waals surface area contributed by atoms with E-state index in [1.807, 2.05) is 36.4 Å². The summed E-state index contributed by atoms with van der Waals surface area (Å²) in [6.45, 7) is 0. The number of non-ortho nitro benzene ring substituents is 1. The van der Waals surface area contributed by atoms with Gasteiger partial charge in [0.1, 0.15) is 5.01 Å². The molecule has 0 saturated carbocycles. The molecule has 0 aliphatic carbocycles. The van der Waals surface area contributed by atoms with Gasteiger partial charge in [-0.3, -0.25) is 10.1 Å². The summed E-state index contributed by atoms with van der Waals surface area (Å²) in [7, 11) is 0. The molecule has 6 heteroatoms. The van der Waals surface area contributed by atoms with Crippen molar-refractivity contribution in [2.75, 3.05) is 0 Å². The molecule has 0 aliphatic heterocycles.